The number of halogens is 1. The SMILES string of the molecule is CC1=N/C(=C\c2cc(N3C(=O)C4=C(CCCC4)C3=O)ccc2Cl)C(=O)O1. The fourth-order valence-electron chi connectivity index (χ4n) is 3.42. The molecule has 1 aromatic rings. The summed E-state index contributed by atoms with van der Waals surface area (Å²) in [5.41, 5.74) is 2.28. The lowest BCUT2D eigenvalue weighted by atomic mass is 9.93. The number of hydrogen-bond donors (Lipinski definition) is 0. The Balaban J connectivity index is 1.72. The van der Waals surface area contributed by atoms with Crippen LogP contribution in [0, 0.1) is 0 Å². The van der Waals surface area contributed by atoms with Gasteiger partial charge in [-0.05, 0) is 55.5 Å². The number of aliphatic imine (C=N–C) groups is 1. The molecule has 0 saturated heterocycles. The van der Waals surface area contributed by atoms with Gasteiger partial charge in [-0.15, -0.1) is 0 Å². The van der Waals surface area contributed by atoms with Crippen LogP contribution in [0.5, 0.6) is 0 Å². The molecule has 2 amide bonds. The van der Waals surface area contributed by atoms with Crippen molar-refractivity contribution in [3.8, 4) is 0 Å². The summed E-state index contributed by atoms with van der Waals surface area (Å²) in [7, 11) is 0. The van der Waals surface area contributed by atoms with Gasteiger partial charge in [-0.2, -0.15) is 0 Å². The second kappa shape index (κ2) is 6.21. The number of esters is 1. The van der Waals surface area contributed by atoms with Crippen LogP contribution in [0.2, 0.25) is 5.02 Å². The Morgan fingerprint density at radius 2 is 1.77 bits per heavy atom. The zero-order valence-electron chi connectivity index (χ0n) is 14.0. The summed E-state index contributed by atoms with van der Waals surface area (Å²) in [6.07, 6.45) is 4.61. The summed E-state index contributed by atoms with van der Waals surface area (Å²) in [6.45, 7) is 1.58. The third-order valence-electron chi connectivity index (χ3n) is 4.65. The molecule has 0 saturated carbocycles. The van der Waals surface area contributed by atoms with E-state index in [1.807, 2.05) is 0 Å². The van der Waals surface area contributed by atoms with E-state index in [0.29, 0.717) is 40.3 Å². The molecular formula is C19H15ClN2O4. The predicted octanol–water partition coefficient (Wildman–Crippen LogP) is 3.40. The average Bonchev–Trinajstić information content (AvgIpc) is 3.07. The summed E-state index contributed by atoms with van der Waals surface area (Å²) < 4.78 is 4.89. The molecule has 7 heteroatoms. The Bertz CT molecular complexity index is 930. The number of rotatable bonds is 2. The van der Waals surface area contributed by atoms with Gasteiger partial charge < -0.3 is 4.74 Å². The lowest BCUT2D eigenvalue weighted by Crippen LogP contribution is -2.31. The lowest BCUT2D eigenvalue weighted by molar-refractivity contribution is -0.130. The van der Waals surface area contributed by atoms with E-state index in [9.17, 15) is 14.4 Å². The van der Waals surface area contributed by atoms with E-state index < -0.39 is 5.97 Å². The zero-order valence-corrected chi connectivity index (χ0v) is 14.8. The number of carbonyl (C=O) groups is 3. The number of benzene rings is 1. The molecule has 1 aliphatic carbocycles. The maximum atomic E-state index is 12.7. The normalized spacial score (nSPS) is 21.5. The number of hydrogen-bond acceptors (Lipinski definition) is 5. The zero-order chi connectivity index (χ0) is 18.4. The molecule has 1 aromatic carbocycles. The van der Waals surface area contributed by atoms with E-state index in [0.717, 1.165) is 12.8 Å². The third-order valence-corrected chi connectivity index (χ3v) is 4.99. The van der Waals surface area contributed by atoms with Crippen LogP contribution >= 0.6 is 11.6 Å². The molecule has 3 aliphatic rings. The van der Waals surface area contributed by atoms with E-state index in [-0.39, 0.29) is 23.4 Å². The summed E-state index contributed by atoms with van der Waals surface area (Å²) >= 11 is 6.22. The number of ether oxygens (including phenoxy) is 1. The number of anilines is 1. The summed E-state index contributed by atoms with van der Waals surface area (Å²) in [4.78, 5) is 42.3. The number of imide groups is 1. The monoisotopic (exact) mass is 370 g/mol. The van der Waals surface area contributed by atoms with Gasteiger partial charge in [0.1, 0.15) is 0 Å². The molecule has 0 bridgehead atoms. The molecule has 132 valence electrons. The van der Waals surface area contributed by atoms with Gasteiger partial charge in [0.25, 0.3) is 11.8 Å². The molecule has 26 heavy (non-hydrogen) atoms. The van der Waals surface area contributed by atoms with E-state index in [4.69, 9.17) is 16.3 Å². The molecule has 0 fully saturated rings. The Kier molecular flexibility index (Phi) is 4.00. The molecule has 0 N–H and O–H groups in total. The third kappa shape index (κ3) is 2.66. The topological polar surface area (TPSA) is 76.0 Å². The van der Waals surface area contributed by atoms with Crippen LogP contribution in [0.1, 0.15) is 38.2 Å². The van der Waals surface area contributed by atoms with Crippen LogP contribution in [-0.4, -0.2) is 23.7 Å². The number of nitrogens with zero attached hydrogens (tertiary/aromatic N) is 2. The van der Waals surface area contributed by atoms with Crippen molar-refractivity contribution in [2.45, 2.75) is 32.6 Å². The first kappa shape index (κ1) is 16.7. The van der Waals surface area contributed by atoms with Crippen molar-refractivity contribution in [3.05, 3.63) is 45.6 Å². The van der Waals surface area contributed by atoms with Gasteiger partial charge in [0.15, 0.2) is 11.6 Å². The maximum Gasteiger partial charge on any atom is 0.363 e. The van der Waals surface area contributed by atoms with Crippen molar-refractivity contribution >= 4 is 47.0 Å². The van der Waals surface area contributed by atoms with Gasteiger partial charge >= 0.3 is 5.97 Å². The van der Waals surface area contributed by atoms with Gasteiger partial charge in [0, 0.05) is 23.1 Å². The largest absolute Gasteiger partial charge is 0.407 e. The van der Waals surface area contributed by atoms with Crippen LogP contribution in [0.3, 0.4) is 0 Å². The highest BCUT2D eigenvalue weighted by molar-refractivity contribution is 6.34. The quantitative estimate of drug-likeness (QED) is 0.454. The molecule has 2 heterocycles. The Labute approximate surface area is 154 Å². The Morgan fingerprint density at radius 3 is 2.35 bits per heavy atom. The molecule has 0 radical (unpaired) electrons. The predicted molar refractivity (Wildman–Crippen MR) is 96.6 cm³/mol. The fraction of sp³-hybridized carbons (Fsp3) is 0.263. The van der Waals surface area contributed by atoms with Crippen LogP contribution in [-0.2, 0) is 19.1 Å². The van der Waals surface area contributed by atoms with Gasteiger partial charge in [-0.3, -0.25) is 9.59 Å². The van der Waals surface area contributed by atoms with E-state index >= 15 is 0 Å². The lowest BCUT2D eigenvalue weighted by Gasteiger charge is -2.16. The molecule has 0 spiro atoms. The summed E-state index contributed by atoms with van der Waals surface area (Å²) in [5.74, 6) is -0.829. The standard InChI is InChI=1S/C19H15ClN2O4/c1-10-21-16(19(25)26-10)9-11-8-12(6-7-15(11)20)22-17(23)13-4-2-3-5-14(13)18(22)24/h6-9H,2-5H2,1H3/b16-9-. The van der Waals surface area contributed by atoms with Crippen LogP contribution in [0.4, 0.5) is 5.69 Å². The van der Waals surface area contributed by atoms with Crippen molar-refractivity contribution in [1.29, 1.82) is 0 Å². The molecular weight excluding hydrogens is 356 g/mol. The van der Waals surface area contributed by atoms with E-state index in [1.54, 1.807) is 25.1 Å². The van der Waals surface area contributed by atoms with Gasteiger partial charge in [-0.1, -0.05) is 11.6 Å². The van der Waals surface area contributed by atoms with Gasteiger partial charge in [0.05, 0.1) is 5.69 Å². The van der Waals surface area contributed by atoms with Crippen molar-refractivity contribution in [2.24, 2.45) is 4.99 Å². The first-order valence-electron chi connectivity index (χ1n) is 8.35. The highest BCUT2D eigenvalue weighted by Crippen LogP contribution is 2.37. The van der Waals surface area contributed by atoms with E-state index in [2.05, 4.69) is 4.99 Å². The van der Waals surface area contributed by atoms with Crippen LogP contribution in [0.25, 0.3) is 6.08 Å². The second-order valence-electron chi connectivity index (χ2n) is 6.37. The highest BCUT2D eigenvalue weighted by Gasteiger charge is 2.39. The van der Waals surface area contributed by atoms with Crippen LogP contribution < -0.4 is 4.90 Å². The minimum Gasteiger partial charge on any atom is -0.407 e. The maximum absolute atomic E-state index is 12.7. The minimum absolute atomic E-state index is 0.123. The number of cyclic esters (lactones) is 1. The molecule has 6 nitrogen and oxygen atoms in total. The molecule has 4 rings (SSSR count). The number of carbonyl (C=O) groups excluding carboxylic acids is 3. The van der Waals surface area contributed by atoms with Crippen molar-refractivity contribution in [3.63, 3.8) is 0 Å². The van der Waals surface area contributed by atoms with E-state index in [1.165, 1.54) is 11.0 Å². The highest BCUT2D eigenvalue weighted by atomic mass is 35.5. The first-order chi connectivity index (χ1) is 12.5. The Hall–Kier alpha value is -2.73. The number of amides is 2. The molecule has 0 atom stereocenters. The molecule has 0 unspecified atom stereocenters. The minimum atomic E-state index is -0.561. The molecule has 2 aliphatic heterocycles. The van der Waals surface area contributed by atoms with Crippen molar-refractivity contribution in [2.75, 3.05) is 4.90 Å². The van der Waals surface area contributed by atoms with Crippen LogP contribution in [0.15, 0.2) is 40.0 Å². The van der Waals surface area contributed by atoms with Gasteiger partial charge in [-0.25, -0.2) is 14.7 Å². The van der Waals surface area contributed by atoms with Gasteiger partial charge in [0.2, 0.25) is 0 Å². The molecule has 0 aromatic heterocycles. The Morgan fingerprint density at radius 1 is 1.12 bits per heavy atom. The van der Waals surface area contributed by atoms with Crippen molar-refractivity contribution < 1.29 is 19.1 Å². The first-order valence-corrected chi connectivity index (χ1v) is 8.73. The average molecular weight is 371 g/mol. The summed E-state index contributed by atoms with van der Waals surface area (Å²) in [6, 6.07) is 4.83. The second-order valence-corrected chi connectivity index (χ2v) is 6.77. The summed E-state index contributed by atoms with van der Waals surface area (Å²) in [5, 5.41) is 0.380. The fourth-order valence-corrected chi connectivity index (χ4v) is 3.59. The smallest absolute Gasteiger partial charge is 0.363 e. The van der Waals surface area contributed by atoms with Crippen molar-refractivity contribution in [1.82, 2.24) is 0 Å².